The van der Waals surface area contributed by atoms with Crippen LogP contribution in [-0.2, 0) is 18.4 Å². The molecule has 0 saturated carbocycles. The summed E-state index contributed by atoms with van der Waals surface area (Å²) in [5.74, 6) is -0.884. The highest BCUT2D eigenvalue weighted by atomic mass is 19.1. The molecule has 0 spiro atoms. The minimum atomic E-state index is -0.503. The van der Waals surface area contributed by atoms with E-state index in [1.807, 2.05) is 0 Å². The van der Waals surface area contributed by atoms with E-state index in [0.717, 1.165) is 0 Å². The molecule has 0 aliphatic heterocycles. The van der Waals surface area contributed by atoms with E-state index in [2.05, 4.69) is 15.4 Å². The molecule has 1 N–H and O–H groups in total. The summed E-state index contributed by atoms with van der Waals surface area (Å²) in [5, 5.41) is 6.85. The molecule has 0 atom stereocenters. The molecule has 3 rings (SSSR count). The molecular formula is C15H14FN5O2. The Balaban J connectivity index is 1.71. The van der Waals surface area contributed by atoms with Gasteiger partial charge in [0, 0.05) is 20.0 Å². The molecule has 8 heteroatoms. The topological polar surface area (TPSA) is 81.8 Å². The van der Waals surface area contributed by atoms with Gasteiger partial charge in [-0.3, -0.25) is 18.8 Å². The molecule has 2 aromatic heterocycles. The number of halogens is 1. The summed E-state index contributed by atoms with van der Waals surface area (Å²) in [6, 6.07) is 5.91. The summed E-state index contributed by atoms with van der Waals surface area (Å²) in [7, 11) is 1.70. The molecule has 0 saturated heterocycles. The number of hydrogen-bond acceptors (Lipinski definition) is 4. The second kappa shape index (κ2) is 5.99. The lowest BCUT2D eigenvalue weighted by atomic mass is 10.3. The molecule has 23 heavy (non-hydrogen) atoms. The second-order valence-electron chi connectivity index (χ2n) is 5.03. The summed E-state index contributed by atoms with van der Waals surface area (Å²) in [5.41, 5.74) is 0.342. The van der Waals surface area contributed by atoms with Gasteiger partial charge in [0.25, 0.3) is 5.56 Å². The predicted octanol–water partition coefficient (Wildman–Crippen LogP) is 1.30. The van der Waals surface area contributed by atoms with Crippen LogP contribution in [0.3, 0.4) is 0 Å². The Morgan fingerprint density at radius 3 is 2.91 bits per heavy atom. The summed E-state index contributed by atoms with van der Waals surface area (Å²) < 4.78 is 16.3. The fourth-order valence-corrected chi connectivity index (χ4v) is 2.22. The minimum Gasteiger partial charge on any atom is -0.324 e. The van der Waals surface area contributed by atoms with Crippen molar-refractivity contribution < 1.29 is 9.18 Å². The van der Waals surface area contributed by atoms with Crippen molar-refractivity contribution in [3.05, 3.63) is 53.0 Å². The number of nitrogens with one attached hydrogen (secondary N) is 1. The van der Waals surface area contributed by atoms with Crippen molar-refractivity contribution in [3.63, 3.8) is 0 Å². The van der Waals surface area contributed by atoms with Crippen LogP contribution in [0.1, 0.15) is 6.42 Å². The second-order valence-corrected chi connectivity index (χ2v) is 5.03. The van der Waals surface area contributed by atoms with Crippen LogP contribution < -0.4 is 10.9 Å². The van der Waals surface area contributed by atoms with E-state index in [-0.39, 0.29) is 30.1 Å². The summed E-state index contributed by atoms with van der Waals surface area (Å²) in [6.07, 6.45) is 2.85. The molecule has 0 bridgehead atoms. The molecule has 1 aromatic carbocycles. The molecule has 7 nitrogen and oxygen atoms in total. The largest absolute Gasteiger partial charge is 0.324 e. The van der Waals surface area contributed by atoms with Gasteiger partial charge in [-0.05, 0) is 12.1 Å². The van der Waals surface area contributed by atoms with Gasteiger partial charge in [0.2, 0.25) is 5.91 Å². The zero-order chi connectivity index (χ0) is 16.4. The number of rotatable bonds is 4. The first kappa shape index (κ1) is 14.9. The third-order valence-electron chi connectivity index (χ3n) is 3.45. The Morgan fingerprint density at radius 2 is 2.13 bits per heavy atom. The monoisotopic (exact) mass is 315 g/mol. The number of carbonyl (C=O) groups excluding carboxylic acids is 1. The number of aromatic nitrogens is 4. The van der Waals surface area contributed by atoms with Crippen LogP contribution >= 0.6 is 0 Å². The number of para-hydroxylation sites is 1. The van der Waals surface area contributed by atoms with E-state index < -0.39 is 5.82 Å². The summed E-state index contributed by atoms with van der Waals surface area (Å²) in [4.78, 5) is 28.3. The highest BCUT2D eigenvalue weighted by Gasteiger charge is 2.10. The average molecular weight is 315 g/mol. The van der Waals surface area contributed by atoms with Gasteiger partial charge >= 0.3 is 0 Å². The lowest BCUT2D eigenvalue weighted by molar-refractivity contribution is -0.116. The van der Waals surface area contributed by atoms with Crippen molar-refractivity contribution in [2.45, 2.75) is 13.0 Å². The van der Waals surface area contributed by atoms with Gasteiger partial charge in [-0.25, -0.2) is 9.37 Å². The van der Waals surface area contributed by atoms with E-state index in [9.17, 15) is 14.0 Å². The van der Waals surface area contributed by atoms with Crippen LogP contribution in [0.25, 0.3) is 11.0 Å². The zero-order valence-electron chi connectivity index (χ0n) is 12.4. The van der Waals surface area contributed by atoms with Gasteiger partial charge in [-0.2, -0.15) is 5.10 Å². The Bertz CT molecular complexity index is 931. The Morgan fingerprint density at radius 1 is 1.35 bits per heavy atom. The Labute approximate surface area is 130 Å². The van der Waals surface area contributed by atoms with Crippen LogP contribution in [0.15, 0.2) is 41.6 Å². The molecule has 2 heterocycles. The molecule has 1 amide bonds. The van der Waals surface area contributed by atoms with Crippen LogP contribution in [-0.4, -0.2) is 25.2 Å². The van der Waals surface area contributed by atoms with Crippen LogP contribution in [0, 0.1) is 5.82 Å². The average Bonchev–Trinajstić information content (AvgIpc) is 2.91. The number of fused-ring (bicyclic) bond motifs is 1. The van der Waals surface area contributed by atoms with Crippen molar-refractivity contribution in [2.24, 2.45) is 7.05 Å². The van der Waals surface area contributed by atoms with Crippen molar-refractivity contribution in [2.75, 3.05) is 5.32 Å². The van der Waals surface area contributed by atoms with Crippen LogP contribution in [0.2, 0.25) is 0 Å². The Hall–Kier alpha value is -3.03. The first-order chi connectivity index (χ1) is 11.1. The van der Waals surface area contributed by atoms with Crippen molar-refractivity contribution >= 4 is 22.6 Å². The molecule has 0 radical (unpaired) electrons. The van der Waals surface area contributed by atoms with Crippen molar-refractivity contribution in [1.82, 2.24) is 19.3 Å². The quantitative estimate of drug-likeness (QED) is 0.787. The number of carbonyl (C=O) groups is 1. The number of aryl methyl sites for hydroxylation is 2. The van der Waals surface area contributed by atoms with E-state index in [4.69, 9.17) is 0 Å². The zero-order valence-corrected chi connectivity index (χ0v) is 12.4. The maximum atomic E-state index is 13.5. The maximum Gasteiger partial charge on any atom is 0.264 e. The van der Waals surface area contributed by atoms with Crippen LogP contribution in [0.5, 0.6) is 0 Å². The first-order valence-electron chi connectivity index (χ1n) is 6.98. The highest BCUT2D eigenvalue weighted by molar-refractivity contribution is 5.90. The number of nitrogens with zero attached hydrogens (tertiary/aromatic N) is 4. The van der Waals surface area contributed by atoms with Gasteiger partial charge < -0.3 is 5.32 Å². The fourth-order valence-electron chi connectivity index (χ4n) is 2.22. The molecular weight excluding hydrogens is 301 g/mol. The molecule has 0 fully saturated rings. The van der Waals surface area contributed by atoms with Gasteiger partial charge in [-0.1, -0.05) is 12.1 Å². The van der Waals surface area contributed by atoms with E-state index in [0.29, 0.717) is 11.0 Å². The molecule has 0 unspecified atom stereocenters. The number of hydrogen-bond donors (Lipinski definition) is 1. The standard InChI is InChI=1S/C15H14FN5O2/c1-20-14-10(8-18-20)15(23)21(9-17-14)7-6-13(22)19-12-5-3-2-4-11(12)16/h2-5,8-9H,6-7H2,1H3,(H,19,22). The van der Waals surface area contributed by atoms with E-state index in [1.54, 1.807) is 19.2 Å². The molecule has 3 aromatic rings. The molecule has 0 aliphatic rings. The van der Waals surface area contributed by atoms with Gasteiger partial charge in [0.15, 0.2) is 5.65 Å². The maximum absolute atomic E-state index is 13.5. The lowest BCUT2D eigenvalue weighted by Gasteiger charge is -2.07. The van der Waals surface area contributed by atoms with Crippen LogP contribution in [0.4, 0.5) is 10.1 Å². The third-order valence-corrected chi connectivity index (χ3v) is 3.45. The number of anilines is 1. The minimum absolute atomic E-state index is 0.0295. The van der Waals surface area contributed by atoms with Crippen molar-refractivity contribution in [1.29, 1.82) is 0 Å². The van der Waals surface area contributed by atoms with Crippen molar-refractivity contribution in [3.8, 4) is 0 Å². The number of benzene rings is 1. The highest BCUT2D eigenvalue weighted by Crippen LogP contribution is 2.12. The fraction of sp³-hybridized carbons (Fsp3) is 0.200. The molecule has 0 aliphatic carbocycles. The Kier molecular flexibility index (Phi) is 3.88. The van der Waals surface area contributed by atoms with Gasteiger partial charge in [-0.15, -0.1) is 0 Å². The first-order valence-corrected chi connectivity index (χ1v) is 6.98. The summed E-state index contributed by atoms with van der Waals surface area (Å²) >= 11 is 0. The third kappa shape index (κ3) is 2.96. The van der Waals surface area contributed by atoms with Gasteiger partial charge in [0.05, 0.1) is 18.2 Å². The predicted molar refractivity (Wildman–Crippen MR) is 82.4 cm³/mol. The lowest BCUT2D eigenvalue weighted by Crippen LogP contribution is -2.23. The van der Waals surface area contributed by atoms with Gasteiger partial charge in [0.1, 0.15) is 11.2 Å². The van der Waals surface area contributed by atoms with E-state index >= 15 is 0 Å². The molecule has 118 valence electrons. The SMILES string of the molecule is Cn1ncc2c(=O)n(CCC(=O)Nc3ccccc3F)cnc21. The smallest absolute Gasteiger partial charge is 0.264 e. The normalized spacial score (nSPS) is 10.9. The van der Waals surface area contributed by atoms with E-state index in [1.165, 1.54) is 33.9 Å². The number of amides is 1. The summed E-state index contributed by atoms with van der Waals surface area (Å²) in [6.45, 7) is 0.150.